The minimum atomic E-state index is -0.132. The molecule has 8 nitrogen and oxygen atoms in total. The minimum Gasteiger partial charge on any atom is -0.378 e. The summed E-state index contributed by atoms with van der Waals surface area (Å²) in [7, 11) is 0. The third kappa shape index (κ3) is 3.82. The van der Waals surface area contributed by atoms with E-state index in [0.29, 0.717) is 31.1 Å². The van der Waals surface area contributed by atoms with Gasteiger partial charge in [-0.15, -0.1) is 11.3 Å². The fraction of sp³-hybridized carbons (Fsp3) is 0.429. The predicted molar refractivity (Wildman–Crippen MR) is 116 cm³/mol. The van der Waals surface area contributed by atoms with Crippen LogP contribution in [0.25, 0.3) is 10.2 Å². The first-order valence-electron chi connectivity index (χ1n) is 10.3. The first-order chi connectivity index (χ1) is 14.7. The van der Waals surface area contributed by atoms with E-state index in [0.717, 1.165) is 48.4 Å². The molecule has 0 unspecified atom stereocenters. The molecule has 9 heteroatoms. The Morgan fingerprint density at radius 1 is 1.27 bits per heavy atom. The number of anilines is 2. The molecule has 1 aliphatic heterocycles. The van der Waals surface area contributed by atoms with Crippen LogP contribution >= 0.6 is 11.3 Å². The van der Waals surface area contributed by atoms with Crippen LogP contribution in [-0.2, 0) is 28.8 Å². The molecular weight excluding hydrogens is 402 g/mol. The second-order valence-electron chi connectivity index (χ2n) is 7.60. The van der Waals surface area contributed by atoms with Gasteiger partial charge in [-0.05, 0) is 37.0 Å². The van der Waals surface area contributed by atoms with E-state index in [4.69, 9.17) is 4.74 Å². The lowest BCUT2D eigenvalue weighted by Gasteiger charge is -2.27. The van der Waals surface area contributed by atoms with E-state index in [1.54, 1.807) is 17.5 Å². The number of nitrogens with zero attached hydrogens (tertiary/aromatic N) is 3. The Morgan fingerprint density at radius 2 is 2.13 bits per heavy atom. The van der Waals surface area contributed by atoms with E-state index in [1.807, 2.05) is 12.1 Å². The summed E-state index contributed by atoms with van der Waals surface area (Å²) in [5.41, 5.74) is 1.74. The molecule has 30 heavy (non-hydrogen) atoms. The number of aromatic amines is 1. The zero-order valence-corrected chi connectivity index (χ0v) is 17.4. The van der Waals surface area contributed by atoms with Gasteiger partial charge in [0.2, 0.25) is 5.91 Å². The molecule has 0 aromatic carbocycles. The highest BCUT2D eigenvalue weighted by atomic mass is 32.1. The molecule has 0 saturated carbocycles. The highest BCUT2D eigenvalue weighted by Crippen LogP contribution is 2.34. The van der Waals surface area contributed by atoms with Crippen molar-refractivity contribution in [2.24, 2.45) is 0 Å². The van der Waals surface area contributed by atoms with Crippen LogP contribution < -0.4 is 15.8 Å². The number of aryl methyl sites for hydroxylation is 3. The Bertz CT molecular complexity index is 1130. The van der Waals surface area contributed by atoms with Gasteiger partial charge in [-0.1, -0.05) is 0 Å². The van der Waals surface area contributed by atoms with Crippen LogP contribution in [0.2, 0.25) is 0 Å². The molecule has 0 bridgehead atoms. The number of thiophene rings is 1. The van der Waals surface area contributed by atoms with Gasteiger partial charge in [0.05, 0.1) is 30.5 Å². The number of nitrogens with one attached hydrogen (secondary N) is 2. The zero-order chi connectivity index (χ0) is 20.5. The quantitative estimate of drug-likeness (QED) is 0.651. The first-order valence-corrected chi connectivity index (χ1v) is 11.1. The molecule has 156 valence electrons. The molecule has 2 aliphatic rings. The van der Waals surface area contributed by atoms with E-state index in [9.17, 15) is 9.59 Å². The van der Waals surface area contributed by atoms with Crippen LogP contribution in [-0.4, -0.2) is 47.2 Å². The van der Waals surface area contributed by atoms with Crippen molar-refractivity contribution in [2.45, 2.75) is 32.1 Å². The van der Waals surface area contributed by atoms with E-state index < -0.39 is 0 Å². The number of carbonyl (C=O) groups is 1. The predicted octanol–water partition coefficient (Wildman–Crippen LogP) is 2.28. The number of hydrogen-bond acceptors (Lipinski definition) is 7. The topological polar surface area (TPSA) is 100 Å². The number of pyridine rings is 1. The summed E-state index contributed by atoms with van der Waals surface area (Å²) in [4.78, 5) is 41.0. The van der Waals surface area contributed by atoms with Gasteiger partial charge in [0.15, 0.2) is 0 Å². The molecule has 4 heterocycles. The normalized spacial score (nSPS) is 16.1. The molecule has 1 saturated heterocycles. The smallest absolute Gasteiger partial charge is 0.259 e. The fourth-order valence-corrected chi connectivity index (χ4v) is 5.34. The summed E-state index contributed by atoms with van der Waals surface area (Å²) >= 11 is 1.61. The third-order valence-corrected chi connectivity index (χ3v) is 6.77. The Kier molecular flexibility index (Phi) is 5.22. The van der Waals surface area contributed by atoms with Crippen molar-refractivity contribution in [3.05, 3.63) is 44.9 Å². The summed E-state index contributed by atoms with van der Waals surface area (Å²) in [5, 5.41) is 3.61. The lowest BCUT2D eigenvalue weighted by Crippen LogP contribution is -2.36. The highest BCUT2D eigenvalue weighted by Gasteiger charge is 2.21. The number of carbonyl (C=O) groups excluding carboxylic acids is 1. The van der Waals surface area contributed by atoms with Crippen LogP contribution in [0.4, 0.5) is 11.5 Å². The molecule has 1 aliphatic carbocycles. The zero-order valence-electron chi connectivity index (χ0n) is 16.6. The summed E-state index contributed by atoms with van der Waals surface area (Å²) < 4.78 is 5.35. The summed E-state index contributed by atoms with van der Waals surface area (Å²) in [6, 6.07) is 3.76. The molecule has 0 spiro atoms. The van der Waals surface area contributed by atoms with E-state index in [-0.39, 0.29) is 17.9 Å². The Morgan fingerprint density at radius 3 is 2.93 bits per heavy atom. The van der Waals surface area contributed by atoms with E-state index >= 15 is 0 Å². The van der Waals surface area contributed by atoms with Crippen molar-refractivity contribution in [3.63, 3.8) is 0 Å². The van der Waals surface area contributed by atoms with Crippen molar-refractivity contribution in [3.8, 4) is 0 Å². The Balaban J connectivity index is 1.20. The lowest BCUT2D eigenvalue weighted by atomic mass is 10.2. The maximum atomic E-state index is 12.5. The lowest BCUT2D eigenvalue weighted by molar-refractivity contribution is -0.116. The Labute approximate surface area is 177 Å². The third-order valence-electron chi connectivity index (χ3n) is 5.58. The van der Waals surface area contributed by atoms with Gasteiger partial charge in [-0.25, -0.2) is 9.97 Å². The van der Waals surface area contributed by atoms with Gasteiger partial charge in [-0.2, -0.15) is 0 Å². The van der Waals surface area contributed by atoms with E-state index in [2.05, 4.69) is 25.2 Å². The Hall–Kier alpha value is -2.78. The maximum Gasteiger partial charge on any atom is 0.259 e. The molecule has 1 amide bonds. The average Bonchev–Trinajstić information content (AvgIpc) is 3.34. The number of hydrogen-bond donors (Lipinski definition) is 2. The highest BCUT2D eigenvalue weighted by molar-refractivity contribution is 7.18. The molecule has 3 aromatic heterocycles. The summed E-state index contributed by atoms with van der Waals surface area (Å²) in [5.74, 6) is 1.31. The van der Waals surface area contributed by atoms with Crippen LogP contribution in [0.5, 0.6) is 0 Å². The van der Waals surface area contributed by atoms with Gasteiger partial charge >= 0.3 is 0 Å². The van der Waals surface area contributed by atoms with E-state index in [1.165, 1.54) is 10.4 Å². The molecule has 0 radical (unpaired) electrons. The van der Waals surface area contributed by atoms with Gasteiger partial charge in [-0.3, -0.25) is 9.59 Å². The molecule has 5 rings (SSSR count). The number of fused-ring (bicyclic) bond motifs is 3. The molecule has 1 fully saturated rings. The van der Waals surface area contributed by atoms with Crippen LogP contribution in [0, 0.1) is 0 Å². The SMILES string of the molecule is O=C(CCc1nc2sc3c(c2c(=O)[nH]1)CCC3)Nc1ccc(N2CCOCC2)nc1. The number of H-pyrrole nitrogens is 1. The minimum absolute atomic E-state index is 0.0855. The molecule has 2 N–H and O–H groups in total. The second kappa shape index (κ2) is 8.16. The van der Waals surface area contributed by atoms with Crippen LogP contribution in [0.15, 0.2) is 23.1 Å². The number of morpholine rings is 1. The van der Waals surface area contributed by atoms with Crippen molar-refractivity contribution in [1.82, 2.24) is 15.0 Å². The van der Waals surface area contributed by atoms with Crippen molar-refractivity contribution in [1.29, 1.82) is 0 Å². The van der Waals surface area contributed by atoms with Crippen LogP contribution in [0.1, 0.15) is 29.1 Å². The largest absolute Gasteiger partial charge is 0.378 e. The summed E-state index contributed by atoms with van der Waals surface area (Å²) in [6.45, 7) is 3.05. The number of ether oxygens (including phenoxy) is 1. The number of aromatic nitrogens is 3. The van der Waals surface area contributed by atoms with Gasteiger partial charge < -0.3 is 19.9 Å². The molecule has 3 aromatic rings. The monoisotopic (exact) mass is 425 g/mol. The van der Waals surface area contributed by atoms with Gasteiger partial charge in [0.25, 0.3) is 5.56 Å². The van der Waals surface area contributed by atoms with Crippen molar-refractivity contribution >= 4 is 39.0 Å². The maximum absolute atomic E-state index is 12.5. The van der Waals surface area contributed by atoms with Crippen molar-refractivity contribution < 1.29 is 9.53 Å². The molecular formula is C21H23N5O3S. The van der Waals surface area contributed by atoms with Crippen molar-refractivity contribution in [2.75, 3.05) is 36.5 Å². The van der Waals surface area contributed by atoms with Crippen LogP contribution in [0.3, 0.4) is 0 Å². The van der Waals surface area contributed by atoms with Gasteiger partial charge in [0, 0.05) is 30.8 Å². The average molecular weight is 426 g/mol. The second-order valence-corrected chi connectivity index (χ2v) is 8.69. The number of rotatable bonds is 5. The molecule has 0 atom stereocenters. The fourth-order valence-electron chi connectivity index (χ4n) is 4.06. The first kappa shape index (κ1) is 19.2. The van der Waals surface area contributed by atoms with Gasteiger partial charge in [0.1, 0.15) is 16.5 Å². The standard InChI is InChI=1S/C21H23N5O3S/c27-18(23-13-4-6-17(22-12-13)26-8-10-29-11-9-26)7-5-16-24-20(28)19-14-2-1-3-15(14)30-21(19)25-16/h4,6,12H,1-3,5,7-11H2,(H,23,27)(H,24,25,28). The summed E-state index contributed by atoms with van der Waals surface area (Å²) in [6.07, 6.45) is 5.40. The number of amides is 1.